The molecule has 0 aliphatic heterocycles. The normalized spacial score (nSPS) is 10.9. The molecular weight excluding hydrogens is 358 g/mol. The van der Waals surface area contributed by atoms with Crippen molar-refractivity contribution in [2.45, 2.75) is 20.0 Å². The van der Waals surface area contributed by atoms with E-state index >= 15 is 0 Å². The SMILES string of the molecule is CCOC(=O)/C(=N/NC)N(Cc1ccc(OC)cc1)Cc1ccc(OC)cc1. The summed E-state index contributed by atoms with van der Waals surface area (Å²) in [6.07, 6.45) is 0. The number of hydrazone groups is 1. The number of benzene rings is 2. The van der Waals surface area contributed by atoms with Crippen molar-refractivity contribution in [3.63, 3.8) is 0 Å². The Balaban J connectivity index is 2.30. The molecule has 7 heteroatoms. The summed E-state index contributed by atoms with van der Waals surface area (Å²) in [5, 5.41) is 4.17. The van der Waals surface area contributed by atoms with Gasteiger partial charge in [0.05, 0.1) is 20.8 Å². The average Bonchev–Trinajstić information content (AvgIpc) is 2.72. The zero-order valence-electron chi connectivity index (χ0n) is 16.8. The van der Waals surface area contributed by atoms with Crippen LogP contribution in [0, 0.1) is 0 Å². The molecule has 0 aromatic heterocycles. The number of esters is 1. The summed E-state index contributed by atoms with van der Waals surface area (Å²) in [7, 11) is 4.91. The Hall–Kier alpha value is -3.22. The summed E-state index contributed by atoms with van der Waals surface area (Å²) in [5.74, 6) is 1.30. The van der Waals surface area contributed by atoms with Crippen LogP contribution in [-0.4, -0.2) is 44.6 Å². The fourth-order valence-corrected chi connectivity index (χ4v) is 2.66. The molecule has 0 saturated carbocycles. The number of nitrogens with zero attached hydrogens (tertiary/aromatic N) is 2. The van der Waals surface area contributed by atoms with Gasteiger partial charge in [0.2, 0.25) is 5.84 Å². The number of hydrogen-bond acceptors (Lipinski definition) is 6. The van der Waals surface area contributed by atoms with Gasteiger partial charge in [-0.2, -0.15) is 5.10 Å². The van der Waals surface area contributed by atoms with Gasteiger partial charge in [-0.15, -0.1) is 0 Å². The minimum absolute atomic E-state index is 0.219. The number of rotatable bonds is 8. The maximum Gasteiger partial charge on any atom is 0.376 e. The highest BCUT2D eigenvalue weighted by molar-refractivity contribution is 6.35. The van der Waals surface area contributed by atoms with Crippen molar-refractivity contribution in [1.29, 1.82) is 0 Å². The number of ether oxygens (including phenoxy) is 3. The van der Waals surface area contributed by atoms with Crippen molar-refractivity contribution in [1.82, 2.24) is 10.3 Å². The van der Waals surface area contributed by atoms with E-state index in [2.05, 4.69) is 10.5 Å². The molecule has 0 amide bonds. The first kappa shape index (κ1) is 21.1. The predicted molar refractivity (Wildman–Crippen MR) is 108 cm³/mol. The van der Waals surface area contributed by atoms with Crippen LogP contribution in [0.3, 0.4) is 0 Å². The van der Waals surface area contributed by atoms with Gasteiger partial charge in [0.1, 0.15) is 11.5 Å². The molecule has 150 valence electrons. The van der Waals surface area contributed by atoms with Crippen molar-refractivity contribution >= 4 is 11.8 Å². The second kappa shape index (κ2) is 10.8. The topological polar surface area (TPSA) is 72.4 Å². The van der Waals surface area contributed by atoms with Gasteiger partial charge in [-0.1, -0.05) is 24.3 Å². The van der Waals surface area contributed by atoms with Crippen LogP contribution in [0.5, 0.6) is 11.5 Å². The second-order valence-electron chi connectivity index (χ2n) is 5.93. The first-order valence-corrected chi connectivity index (χ1v) is 9.03. The Kier molecular flexibility index (Phi) is 8.14. The maximum absolute atomic E-state index is 12.5. The molecule has 0 spiro atoms. The highest BCUT2D eigenvalue weighted by Gasteiger charge is 2.22. The Morgan fingerprint density at radius 1 is 0.929 bits per heavy atom. The fourth-order valence-electron chi connectivity index (χ4n) is 2.66. The molecule has 2 aromatic rings. The Labute approximate surface area is 165 Å². The number of methoxy groups -OCH3 is 2. The summed E-state index contributed by atoms with van der Waals surface area (Å²) >= 11 is 0. The van der Waals surface area contributed by atoms with Crippen molar-refractivity contribution in [3.8, 4) is 11.5 Å². The van der Waals surface area contributed by atoms with Crippen LogP contribution >= 0.6 is 0 Å². The van der Waals surface area contributed by atoms with Crippen molar-refractivity contribution in [3.05, 3.63) is 59.7 Å². The lowest BCUT2D eigenvalue weighted by molar-refractivity contribution is -0.136. The molecule has 2 aromatic carbocycles. The molecule has 0 bridgehead atoms. The Bertz CT molecular complexity index is 724. The van der Waals surface area contributed by atoms with Crippen LogP contribution in [0.4, 0.5) is 0 Å². The zero-order valence-corrected chi connectivity index (χ0v) is 16.8. The minimum Gasteiger partial charge on any atom is -0.497 e. The van der Waals surface area contributed by atoms with E-state index in [1.807, 2.05) is 53.4 Å². The lowest BCUT2D eigenvalue weighted by Gasteiger charge is -2.25. The van der Waals surface area contributed by atoms with Crippen LogP contribution in [0.2, 0.25) is 0 Å². The molecule has 2 rings (SSSR count). The van der Waals surface area contributed by atoms with E-state index in [0.29, 0.717) is 13.1 Å². The van der Waals surface area contributed by atoms with E-state index < -0.39 is 5.97 Å². The molecule has 28 heavy (non-hydrogen) atoms. The lowest BCUT2D eigenvalue weighted by Crippen LogP contribution is -2.38. The van der Waals surface area contributed by atoms with Crippen LogP contribution in [0.25, 0.3) is 0 Å². The van der Waals surface area contributed by atoms with Crippen molar-refractivity contribution in [2.75, 3.05) is 27.9 Å². The minimum atomic E-state index is -0.473. The van der Waals surface area contributed by atoms with Crippen molar-refractivity contribution < 1.29 is 19.0 Å². The van der Waals surface area contributed by atoms with Gasteiger partial charge in [-0.25, -0.2) is 4.79 Å². The first-order valence-electron chi connectivity index (χ1n) is 9.03. The van der Waals surface area contributed by atoms with Crippen LogP contribution < -0.4 is 14.9 Å². The second-order valence-corrected chi connectivity index (χ2v) is 5.93. The fraction of sp³-hybridized carbons (Fsp3) is 0.333. The van der Waals surface area contributed by atoms with E-state index in [1.54, 1.807) is 28.2 Å². The van der Waals surface area contributed by atoms with Gasteiger partial charge in [0.15, 0.2) is 0 Å². The third kappa shape index (κ3) is 5.90. The van der Waals surface area contributed by atoms with Gasteiger partial charge in [0.25, 0.3) is 0 Å². The third-order valence-corrected chi connectivity index (χ3v) is 4.04. The summed E-state index contributed by atoms with van der Waals surface area (Å²) in [4.78, 5) is 14.4. The quantitative estimate of drug-likeness (QED) is 0.326. The third-order valence-electron chi connectivity index (χ3n) is 4.04. The molecule has 7 nitrogen and oxygen atoms in total. The van der Waals surface area contributed by atoms with Gasteiger partial charge in [-0.05, 0) is 42.3 Å². The van der Waals surface area contributed by atoms with Gasteiger partial charge in [0, 0.05) is 20.1 Å². The Morgan fingerprint density at radius 3 is 1.75 bits per heavy atom. The van der Waals surface area contributed by atoms with Gasteiger partial charge >= 0.3 is 5.97 Å². The lowest BCUT2D eigenvalue weighted by atomic mass is 10.1. The first-order chi connectivity index (χ1) is 13.6. The highest BCUT2D eigenvalue weighted by Crippen LogP contribution is 2.17. The van der Waals surface area contributed by atoms with E-state index in [9.17, 15) is 4.79 Å². The van der Waals surface area contributed by atoms with Gasteiger partial charge < -0.3 is 24.5 Å². The zero-order chi connectivity index (χ0) is 20.4. The smallest absolute Gasteiger partial charge is 0.376 e. The van der Waals surface area contributed by atoms with Crippen molar-refractivity contribution in [2.24, 2.45) is 5.10 Å². The molecule has 0 atom stereocenters. The number of nitrogens with one attached hydrogen (secondary N) is 1. The number of amidine groups is 1. The number of hydrogen-bond donors (Lipinski definition) is 1. The Morgan fingerprint density at radius 2 is 1.39 bits per heavy atom. The van der Waals surface area contributed by atoms with E-state index in [1.165, 1.54) is 0 Å². The molecule has 0 aliphatic rings. The average molecular weight is 385 g/mol. The largest absolute Gasteiger partial charge is 0.497 e. The number of carbonyl (C=O) groups is 1. The molecular formula is C21H27N3O4. The predicted octanol–water partition coefficient (Wildman–Crippen LogP) is 2.80. The maximum atomic E-state index is 12.5. The van der Waals surface area contributed by atoms with E-state index in [-0.39, 0.29) is 12.4 Å². The standard InChI is InChI=1S/C21H27N3O4/c1-5-28-21(25)20(23-22-2)24(14-16-6-10-18(26-3)11-7-16)15-17-8-12-19(27-4)13-9-17/h6-13,22H,5,14-15H2,1-4H3/b23-20-. The van der Waals surface area contributed by atoms with Crippen LogP contribution in [0.1, 0.15) is 18.1 Å². The highest BCUT2D eigenvalue weighted by atomic mass is 16.5. The van der Waals surface area contributed by atoms with Crippen LogP contribution in [0.15, 0.2) is 53.6 Å². The molecule has 0 aliphatic carbocycles. The monoisotopic (exact) mass is 385 g/mol. The molecule has 0 radical (unpaired) electrons. The summed E-state index contributed by atoms with van der Waals surface area (Å²) in [6.45, 7) is 3.01. The van der Waals surface area contributed by atoms with E-state index in [0.717, 1.165) is 22.6 Å². The summed E-state index contributed by atoms with van der Waals surface area (Å²) in [6, 6.07) is 15.4. The number of carbonyl (C=O) groups excluding carboxylic acids is 1. The van der Waals surface area contributed by atoms with E-state index in [4.69, 9.17) is 14.2 Å². The van der Waals surface area contributed by atoms with Crippen LogP contribution in [-0.2, 0) is 22.6 Å². The molecule has 0 heterocycles. The van der Waals surface area contributed by atoms with Gasteiger partial charge in [-0.3, -0.25) is 0 Å². The summed E-state index contributed by atoms with van der Waals surface area (Å²) in [5.41, 5.74) is 4.73. The molecule has 1 N–H and O–H groups in total. The summed E-state index contributed by atoms with van der Waals surface area (Å²) < 4.78 is 15.6. The molecule has 0 unspecified atom stereocenters. The molecule has 0 saturated heterocycles. The molecule has 0 fully saturated rings.